The maximum absolute atomic E-state index is 12.9. The first-order valence-electron chi connectivity index (χ1n) is 9.09. The number of benzene rings is 1. The van der Waals surface area contributed by atoms with E-state index in [1.54, 1.807) is 0 Å². The normalized spacial score (nSPS) is 19.2. The van der Waals surface area contributed by atoms with Crippen LogP contribution in [0.1, 0.15) is 57.6 Å². The molecule has 1 aliphatic heterocycles. The van der Waals surface area contributed by atoms with Gasteiger partial charge in [0.25, 0.3) is 0 Å². The van der Waals surface area contributed by atoms with E-state index in [9.17, 15) is 4.79 Å². The maximum Gasteiger partial charge on any atom is 0.241 e. The average Bonchev–Trinajstić information content (AvgIpc) is 2.50. The van der Waals surface area contributed by atoms with Gasteiger partial charge in [0.15, 0.2) is 0 Å². The Labute approximate surface area is 146 Å². The number of carbonyl (C=O) groups is 1. The van der Waals surface area contributed by atoms with Crippen LogP contribution in [0.15, 0.2) is 18.2 Å². The molecule has 24 heavy (non-hydrogen) atoms. The molecule has 0 aliphatic carbocycles. The third-order valence-corrected chi connectivity index (χ3v) is 4.74. The first-order chi connectivity index (χ1) is 11.4. The molecule has 0 unspecified atom stereocenters. The lowest BCUT2D eigenvalue weighted by Gasteiger charge is -2.46. The van der Waals surface area contributed by atoms with E-state index in [1.807, 2.05) is 11.8 Å². The molecule has 0 spiro atoms. The summed E-state index contributed by atoms with van der Waals surface area (Å²) in [6.45, 7) is 13.4. The first kappa shape index (κ1) is 18.9. The molecule has 0 aromatic heterocycles. The van der Waals surface area contributed by atoms with Crippen molar-refractivity contribution < 1.29 is 9.53 Å². The van der Waals surface area contributed by atoms with E-state index in [1.165, 1.54) is 11.1 Å². The summed E-state index contributed by atoms with van der Waals surface area (Å²) >= 11 is 0. The van der Waals surface area contributed by atoms with Crippen LogP contribution in [-0.4, -0.2) is 37.7 Å². The Kier molecular flexibility index (Phi) is 6.41. The van der Waals surface area contributed by atoms with Crippen molar-refractivity contribution in [3.63, 3.8) is 0 Å². The number of fused-ring (bicyclic) bond motifs is 1. The van der Waals surface area contributed by atoms with Crippen molar-refractivity contribution in [2.75, 3.05) is 31.2 Å². The largest absolute Gasteiger partial charge is 0.382 e. The summed E-state index contributed by atoms with van der Waals surface area (Å²) in [6.07, 6.45) is 1.91. The molecule has 1 atom stereocenters. The number of nitrogens with one attached hydrogen (secondary N) is 1. The second kappa shape index (κ2) is 8.13. The molecule has 134 valence electrons. The lowest BCUT2D eigenvalue weighted by atomic mass is 9.79. The Balaban J connectivity index is 2.07. The number of nitrogens with zero attached hydrogens (tertiary/aromatic N) is 1. The van der Waals surface area contributed by atoms with Crippen molar-refractivity contribution in [3.05, 3.63) is 29.3 Å². The van der Waals surface area contributed by atoms with Crippen LogP contribution in [-0.2, 0) is 9.53 Å². The maximum atomic E-state index is 12.9. The Morgan fingerprint density at radius 2 is 2.17 bits per heavy atom. The fourth-order valence-electron chi connectivity index (χ4n) is 3.74. The zero-order valence-corrected chi connectivity index (χ0v) is 15.8. The second-order valence-electron chi connectivity index (χ2n) is 7.44. The number of anilines is 1. The molecule has 1 aromatic carbocycles. The van der Waals surface area contributed by atoms with Gasteiger partial charge in [-0.2, -0.15) is 0 Å². The highest BCUT2D eigenvalue weighted by Gasteiger charge is 2.39. The number of carbonyl (C=O) groups excluding carboxylic acids is 1. The highest BCUT2D eigenvalue weighted by molar-refractivity contribution is 5.97. The van der Waals surface area contributed by atoms with Crippen molar-refractivity contribution >= 4 is 11.6 Å². The Bertz CT molecular complexity index is 569. The van der Waals surface area contributed by atoms with Crippen molar-refractivity contribution in [3.8, 4) is 0 Å². The molecule has 1 aliphatic rings. The minimum absolute atomic E-state index is 0.147. The van der Waals surface area contributed by atoms with E-state index in [0.29, 0.717) is 12.5 Å². The molecule has 0 radical (unpaired) electrons. The number of aryl methyl sites for hydroxylation is 1. The van der Waals surface area contributed by atoms with Gasteiger partial charge >= 0.3 is 0 Å². The summed E-state index contributed by atoms with van der Waals surface area (Å²) in [5.74, 6) is 0.617. The fraction of sp³-hybridized carbons (Fsp3) is 0.650. The first-order valence-corrected chi connectivity index (χ1v) is 9.09. The van der Waals surface area contributed by atoms with Gasteiger partial charge in [-0.3, -0.25) is 4.79 Å². The second-order valence-corrected chi connectivity index (χ2v) is 7.44. The average molecular weight is 332 g/mol. The third kappa shape index (κ3) is 4.37. The van der Waals surface area contributed by atoms with E-state index in [2.05, 4.69) is 51.2 Å². The van der Waals surface area contributed by atoms with Crippen LogP contribution in [0.4, 0.5) is 5.69 Å². The monoisotopic (exact) mass is 332 g/mol. The molecule has 0 fully saturated rings. The molecule has 1 N–H and O–H groups in total. The summed E-state index contributed by atoms with van der Waals surface area (Å²) in [4.78, 5) is 14.9. The SMILES string of the molecule is CCOCCCNCC(=O)N1c2ccc(C)cc2[C@@H](C)CC1(C)C. The highest BCUT2D eigenvalue weighted by Crippen LogP contribution is 2.43. The number of amides is 1. The Morgan fingerprint density at radius 3 is 2.88 bits per heavy atom. The van der Waals surface area contributed by atoms with E-state index in [-0.39, 0.29) is 11.4 Å². The molecule has 1 heterocycles. The van der Waals surface area contributed by atoms with Crippen LogP contribution in [0.25, 0.3) is 0 Å². The topological polar surface area (TPSA) is 41.6 Å². The smallest absolute Gasteiger partial charge is 0.241 e. The third-order valence-electron chi connectivity index (χ3n) is 4.74. The van der Waals surface area contributed by atoms with Gasteiger partial charge in [0.05, 0.1) is 6.54 Å². The van der Waals surface area contributed by atoms with Crippen LogP contribution in [0.5, 0.6) is 0 Å². The van der Waals surface area contributed by atoms with E-state index < -0.39 is 0 Å². The van der Waals surface area contributed by atoms with Crippen LogP contribution in [0.2, 0.25) is 0 Å². The minimum Gasteiger partial charge on any atom is -0.382 e. The molecule has 0 saturated carbocycles. The molecule has 4 heteroatoms. The van der Waals surface area contributed by atoms with Crippen molar-refractivity contribution in [2.45, 2.75) is 58.9 Å². The summed E-state index contributed by atoms with van der Waals surface area (Å²) in [6, 6.07) is 6.43. The number of hydrogen-bond donors (Lipinski definition) is 1. The Hall–Kier alpha value is -1.39. The van der Waals surface area contributed by atoms with Gasteiger partial charge in [0, 0.05) is 24.4 Å². The summed E-state index contributed by atoms with van der Waals surface area (Å²) in [5, 5.41) is 3.26. The lowest BCUT2D eigenvalue weighted by molar-refractivity contribution is -0.119. The van der Waals surface area contributed by atoms with E-state index in [0.717, 1.165) is 38.3 Å². The summed E-state index contributed by atoms with van der Waals surface area (Å²) in [5.41, 5.74) is 3.46. The molecular weight excluding hydrogens is 300 g/mol. The van der Waals surface area contributed by atoms with Crippen molar-refractivity contribution in [2.24, 2.45) is 0 Å². The Morgan fingerprint density at radius 1 is 1.42 bits per heavy atom. The fourth-order valence-corrected chi connectivity index (χ4v) is 3.74. The zero-order chi connectivity index (χ0) is 17.7. The van der Waals surface area contributed by atoms with Gasteiger partial charge in [0.2, 0.25) is 5.91 Å². The van der Waals surface area contributed by atoms with Crippen molar-refractivity contribution in [1.29, 1.82) is 0 Å². The van der Waals surface area contributed by atoms with Gasteiger partial charge in [-0.25, -0.2) is 0 Å². The zero-order valence-electron chi connectivity index (χ0n) is 15.8. The number of ether oxygens (including phenoxy) is 1. The quantitative estimate of drug-likeness (QED) is 0.775. The van der Waals surface area contributed by atoms with Gasteiger partial charge in [0.1, 0.15) is 0 Å². The molecule has 1 aromatic rings. The van der Waals surface area contributed by atoms with E-state index >= 15 is 0 Å². The van der Waals surface area contributed by atoms with Gasteiger partial charge in [-0.15, -0.1) is 0 Å². The molecule has 2 rings (SSSR count). The van der Waals surface area contributed by atoms with Gasteiger partial charge < -0.3 is 15.0 Å². The molecule has 1 amide bonds. The number of rotatable bonds is 7. The standard InChI is InChI=1S/C20H32N2O2/c1-6-24-11-7-10-21-14-19(23)22-18-9-8-15(2)12-17(18)16(3)13-20(22,4)5/h8-9,12,16,21H,6-7,10-11,13-14H2,1-5H3/t16-/m0/s1. The van der Waals surface area contributed by atoms with Crippen LogP contribution in [0, 0.1) is 6.92 Å². The minimum atomic E-state index is -0.161. The predicted octanol–water partition coefficient (Wildman–Crippen LogP) is 3.63. The number of hydrogen-bond acceptors (Lipinski definition) is 3. The summed E-state index contributed by atoms with van der Waals surface area (Å²) < 4.78 is 5.32. The van der Waals surface area contributed by atoms with Crippen LogP contribution in [0.3, 0.4) is 0 Å². The summed E-state index contributed by atoms with van der Waals surface area (Å²) in [7, 11) is 0. The highest BCUT2D eigenvalue weighted by atomic mass is 16.5. The van der Waals surface area contributed by atoms with Gasteiger partial charge in [-0.1, -0.05) is 24.6 Å². The van der Waals surface area contributed by atoms with Gasteiger partial charge in [-0.05, 0) is 64.6 Å². The van der Waals surface area contributed by atoms with Crippen LogP contribution < -0.4 is 10.2 Å². The molecular formula is C20H32N2O2. The lowest BCUT2D eigenvalue weighted by Crippen LogP contribution is -2.54. The molecule has 0 bridgehead atoms. The predicted molar refractivity (Wildman–Crippen MR) is 99.8 cm³/mol. The molecule has 4 nitrogen and oxygen atoms in total. The van der Waals surface area contributed by atoms with Crippen molar-refractivity contribution in [1.82, 2.24) is 5.32 Å². The molecule has 0 saturated heterocycles. The van der Waals surface area contributed by atoms with E-state index in [4.69, 9.17) is 4.74 Å². The van der Waals surface area contributed by atoms with Crippen LogP contribution >= 0.6 is 0 Å².